The van der Waals surface area contributed by atoms with Gasteiger partial charge in [0, 0.05) is 13.1 Å². The molecule has 0 bridgehead atoms. The van der Waals surface area contributed by atoms with Crippen LogP contribution in [0.3, 0.4) is 0 Å². The zero-order chi connectivity index (χ0) is 25.6. The normalized spacial score (nSPS) is 12.2. The van der Waals surface area contributed by atoms with Gasteiger partial charge in [0.15, 0.2) is 0 Å². The number of anilines is 1. The fourth-order valence-electron chi connectivity index (χ4n) is 3.33. The molecule has 0 aliphatic rings. The molecule has 186 valence electrons. The summed E-state index contributed by atoms with van der Waals surface area (Å²) in [5, 5.41) is 3.49. The van der Waals surface area contributed by atoms with E-state index in [0.29, 0.717) is 28.6 Å². The highest BCUT2D eigenvalue weighted by atomic mass is 35.5. The molecule has 0 aliphatic carbocycles. The van der Waals surface area contributed by atoms with Crippen molar-refractivity contribution in [3.8, 4) is 0 Å². The molecule has 0 aromatic heterocycles. The second kappa shape index (κ2) is 12.3. The van der Waals surface area contributed by atoms with Crippen molar-refractivity contribution in [2.45, 2.75) is 32.9 Å². The number of halogens is 4. The molecule has 0 radical (unpaired) electrons. The number of likely N-dealkylation sites (N-methyl/N-ethyl adjacent to an activating group) is 1. The lowest BCUT2D eigenvalue weighted by atomic mass is 10.1. The third-order valence-corrected chi connectivity index (χ3v) is 7.63. The van der Waals surface area contributed by atoms with Crippen LogP contribution in [0.4, 0.5) is 5.69 Å². The Morgan fingerprint density at radius 2 is 1.68 bits per heavy atom. The molecule has 1 atom stereocenters. The van der Waals surface area contributed by atoms with Crippen LogP contribution in [-0.2, 0) is 26.2 Å². The summed E-state index contributed by atoms with van der Waals surface area (Å²) in [7, 11) is -3.93. The van der Waals surface area contributed by atoms with E-state index in [4.69, 9.17) is 46.4 Å². The molecule has 12 heteroatoms. The van der Waals surface area contributed by atoms with Crippen molar-refractivity contribution in [1.29, 1.82) is 0 Å². The van der Waals surface area contributed by atoms with Crippen LogP contribution in [0, 0.1) is 0 Å². The molecule has 2 aromatic carbocycles. The highest BCUT2D eigenvalue weighted by Crippen LogP contribution is 2.34. The summed E-state index contributed by atoms with van der Waals surface area (Å²) in [6.45, 7) is 3.32. The SMILES string of the molecule is CCNC(=O)[C@H](CC)N(Cc1ccc(Cl)c(Cl)c1)C(=O)CN(c1cccc(Cl)c1Cl)S(C)(=O)=O. The minimum atomic E-state index is -3.93. The Balaban J connectivity index is 2.50. The Labute approximate surface area is 220 Å². The third-order valence-electron chi connectivity index (χ3n) is 4.95. The van der Waals surface area contributed by atoms with Gasteiger partial charge in [0.2, 0.25) is 21.8 Å². The van der Waals surface area contributed by atoms with E-state index in [1.54, 1.807) is 32.0 Å². The molecule has 2 aromatic rings. The zero-order valence-electron chi connectivity index (χ0n) is 18.8. The Hall–Kier alpha value is -1.71. The van der Waals surface area contributed by atoms with Gasteiger partial charge in [-0.15, -0.1) is 0 Å². The number of rotatable bonds is 10. The predicted octanol–water partition coefficient (Wildman–Crippen LogP) is 5.01. The summed E-state index contributed by atoms with van der Waals surface area (Å²) in [5.74, 6) is -0.962. The van der Waals surface area contributed by atoms with Crippen LogP contribution < -0.4 is 9.62 Å². The maximum Gasteiger partial charge on any atom is 0.244 e. The summed E-state index contributed by atoms with van der Waals surface area (Å²) in [6.07, 6.45) is 1.26. The van der Waals surface area contributed by atoms with Crippen LogP contribution in [0.15, 0.2) is 36.4 Å². The largest absolute Gasteiger partial charge is 0.355 e. The number of carbonyl (C=O) groups excluding carboxylic acids is 2. The van der Waals surface area contributed by atoms with Gasteiger partial charge in [0.1, 0.15) is 12.6 Å². The molecule has 7 nitrogen and oxygen atoms in total. The van der Waals surface area contributed by atoms with Crippen molar-refractivity contribution in [2.24, 2.45) is 0 Å². The van der Waals surface area contributed by atoms with Crippen molar-refractivity contribution >= 4 is 73.9 Å². The molecule has 0 aliphatic heterocycles. The van der Waals surface area contributed by atoms with Gasteiger partial charge < -0.3 is 10.2 Å². The lowest BCUT2D eigenvalue weighted by Gasteiger charge is -2.33. The second-order valence-corrected chi connectivity index (χ2v) is 10.9. The number of carbonyl (C=O) groups is 2. The van der Waals surface area contributed by atoms with E-state index in [-0.39, 0.29) is 28.2 Å². The quantitative estimate of drug-likeness (QED) is 0.436. The fraction of sp³-hybridized carbons (Fsp3) is 0.364. The number of nitrogens with zero attached hydrogens (tertiary/aromatic N) is 2. The topological polar surface area (TPSA) is 86.8 Å². The first-order chi connectivity index (χ1) is 15.9. The Kier molecular flexibility index (Phi) is 10.3. The number of sulfonamides is 1. The second-order valence-electron chi connectivity index (χ2n) is 7.43. The lowest BCUT2D eigenvalue weighted by molar-refractivity contribution is -0.140. The van der Waals surface area contributed by atoms with E-state index in [1.807, 2.05) is 0 Å². The lowest BCUT2D eigenvalue weighted by Crippen LogP contribution is -2.52. The minimum Gasteiger partial charge on any atom is -0.355 e. The molecular weight excluding hydrogens is 544 g/mol. The van der Waals surface area contributed by atoms with E-state index < -0.39 is 28.5 Å². The monoisotopic (exact) mass is 567 g/mol. The van der Waals surface area contributed by atoms with Crippen LogP contribution in [0.25, 0.3) is 0 Å². The van der Waals surface area contributed by atoms with Gasteiger partial charge in [0.05, 0.1) is 32.0 Å². The molecule has 0 saturated carbocycles. The molecule has 1 N–H and O–H groups in total. The summed E-state index contributed by atoms with van der Waals surface area (Å²) in [4.78, 5) is 27.6. The number of nitrogens with one attached hydrogen (secondary N) is 1. The van der Waals surface area contributed by atoms with Crippen LogP contribution in [0.1, 0.15) is 25.8 Å². The average molecular weight is 569 g/mol. The van der Waals surface area contributed by atoms with Gasteiger partial charge in [-0.2, -0.15) is 0 Å². The standard InChI is InChI=1S/C22H25Cl4N3O4S/c1-4-18(22(31)27-5-2)28(12-14-9-10-15(23)17(25)11-14)20(30)13-29(34(3,32)33)19-8-6-7-16(24)21(19)26/h6-11,18H,4-5,12-13H2,1-3H3,(H,27,31)/t18-/m0/s1. The van der Waals surface area contributed by atoms with Crippen LogP contribution in [0.5, 0.6) is 0 Å². The molecule has 34 heavy (non-hydrogen) atoms. The Morgan fingerprint density at radius 3 is 2.24 bits per heavy atom. The van der Waals surface area contributed by atoms with Gasteiger partial charge in [-0.25, -0.2) is 8.42 Å². The molecule has 0 fully saturated rings. The number of benzene rings is 2. The number of hydrogen-bond acceptors (Lipinski definition) is 4. The van der Waals surface area contributed by atoms with E-state index in [9.17, 15) is 18.0 Å². The Morgan fingerprint density at radius 1 is 1.00 bits per heavy atom. The van der Waals surface area contributed by atoms with E-state index in [1.165, 1.54) is 23.1 Å². The molecule has 0 unspecified atom stereocenters. The molecule has 0 heterocycles. The smallest absolute Gasteiger partial charge is 0.244 e. The van der Waals surface area contributed by atoms with Gasteiger partial charge in [-0.3, -0.25) is 13.9 Å². The predicted molar refractivity (Wildman–Crippen MR) is 138 cm³/mol. The van der Waals surface area contributed by atoms with Crippen molar-refractivity contribution in [1.82, 2.24) is 10.2 Å². The molecule has 0 spiro atoms. The van der Waals surface area contributed by atoms with E-state index in [0.717, 1.165) is 10.6 Å². The maximum atomic E-state index is 13.5. The van der Waals surface area contributed by atoms with Crippen LogP contribution in [-0.4, -0.2) is 50.5 Å². The summed E-state index contributed by atoms with van der Waals surface area (Å²) < 4.78 is 26.1. The van der Waals surface area contributed by atoms with Gasteiger partial charge in [-0.1, -0.05) is 65.5 Å². The van der Waals surface area contributed by atoms with Gasteiger partial charge >= 0.3 is 0 Å². The fourth-order valence-corrected chi connectivity index (χ4v) is 4.95. The van der Waals surface area contributed by atoms with Crippen molar-refractivity contribution in [3.63, 3.8) is 0 Å². The van der Waals surface area contributed by atoms with E-state index >= 15 is 0 Å². The number of hydrogen-bond donors (Lipinski definition) is 1. The first-order valence-electron chi connectivity index (χ1n) is 10.3. The first kappa shape index (κ1) is 28.5. The molecule has 2 rings (SSSR count). The molecular formula is C22H25Cl4N3O4S. The third kappa shape index (κ3) is 7.15. The van der Waals surface area contributed by atoms with Crippen molar-refractivity contribution < 1.29 is 18.0 Å². The number of amides is 2. The summed E-state index contributed by atoms with van der Waals surface area (Å²) in [6, 6.07) is 8.50. The Bertz CT molecular complexity index is 1160. The molecule has 2 amide bonds. The van der Waals surface area contributed by atoms with Gasteiger partial charge in [0.25, 0.3) is 0 Å². The van der Waals surface area contributed by atoms with Gasteiger partial charge in [-0.05, 0) is 43.2 Å². The summed E-state index contributed by atoms with van der Waals surface area (Å²) >= 11 is 24.4. The van der Waals surface area contributed by atoms with Crippen LogP contribution in [0.2, 0.25) is 20.1 Å². The summed E-state index contributed by atoms with van der Waals surface area (Å²) in [5.41, 5.74) is 0.683. The highest BCUT2D eigenvalue weighted by Gasteiger charge is 2.32. The van der Waals surface area contributed by atoms with Crippen molar-refractivity contribution in [3.05, 3.63) is 62.1 Å². The van der Waals surface area contributed by atoms with E-state index in [2.05, 4.69) is 5.32 Å². The average Bonchev–Trinajstić information content (AvgIpc) is 2.76. The minimum absolute atomic E-state index is 0.00538. The van der Waals surface area contributed by atoms with Crippen LogP contribution >= 0.6 is 46.4 Å². The highest BCUT2D eigenvalue weighted by molar-refractivity contribution is 7.92. The maximum absolute atomic E-state index is 13.5. The van der Waals surface area contributed by atoms with Crippen molar-refractivity contribution in [2.75, 3.05) is 23.7 Å². The zero-order valence-corrected chi connectivity index (χ0v) is 22.7. The first-order valence-corrected chi connectivity index (χ1v) is 13.7. The molecule has 0 saturated heterocycles.